The molecule has 0 radical (unpaired) electrons. The molecule has 0 bridgehead atoms. The molecular formula is C23H32N6O2. The molecule has 1 atom stereocenters. The first-order chi connectivity index (χ1) is 14.8. The molecule has 0 N–H and O–H groups in total. The van der Waals surface area contributed by atoms with Gasteiger partial charge in [-0.3, -0.25) is 9.59 Å². The predicted octanol–water partition coefficient (Wildman–Crippen LogP) is 2.44. The molecule has 2 aromatic heterocycles. The van der Waals surface area contributed by atoms with Crippen molar-refractivity contribution in [2.45, 2.75) is 72.3 Å². The summed E-state index contributed by atoms with van der Waals surface area (Å²) in [5.41, 5.74) is 4.32. The van der Waals surface area contributed by atoms with Crippen LogP contribution in [0.2, 0.25) is 0 Å². The average molecular weight is 425 g/mol. The van der Waals surface area contributed by atoms with E-state index in [0.717, 1.165) is 73.5 Å². The lowest BCUT2D eigenvalue weighted by atomic mass is 9.99. The molecule has 0 saturated carbocycles. The van der Waals surface area contributed by atoms with Gasteiger partial charge in [0.1, 0.15) is 6.04 Å². The zero-order chi connectivity index (χ0) is 22.1. The normalized spacial score (nSPS) is 19.2. The second kappa shape index (κ2) is 8.77. The Balaban J connectivity index is 1.56. The number of carbonyl (C=O) groups is 2. The van der Waals surface area contributed by atoms with Gasteiger partial charge < -0.3 is 9.80 Å². The molecule has 8 heteroatoms. The Morgan fingerprint density at radius 2 is 1.61 bits per heavy atom. The third kappa shape index (κ3) is 4.34. The van der Waals surface area contributed by atoms with Gasteiger partial charge in [0.05, 0.1) is 12.1 Å². The van der Waals surface area contributed by atoms with Crippen LogP contribution < -0.4 is 0 Å². The van der Waals surface area contributed by atoms with Crippen LogP contribution in [0.25, 0.3) is 5.95 Å². The van der Waals surface area contributed by atoms with Crippen molar-refractivity contribution in [2.75, 3.05) is 19.6 Å². The summed E-state index contributed by atoms with van der Waals surface area (Å²) in [6.45, 7) is 10.0. The molecular weight excluding hydrogens is 392 g/mol. The van der Waals surface area contributed by atoms with Crippen LogP contribution in [0, 0.1) is 27.7 Å². The molecule has 0 aliphatic carbocycles. The van der Waals surface area contributed by atoms with Crippen molar-refractivity contribution in [1.82, 2.24) is 29.5 Å². The number of nitrogens with zero attached hydrogens (tertiary/aromatic N) is 6. The van der Waals surface area contributed by atoms with Crippen molar-refractivity contribution < 1.29 is 9.59 Å². The Kier molecular flexibility index (Phi) is 6.07. The van der Waals surface area contributed by atoms with Gasteiger partial charge in [0.15, 0.2) is 0 Å². The van der Waals surface area contributed by atoms with E-state index in [1.165, 1.54) is 0 Å². The zero-order valence-electron chi connectivity index (χ0n) is 19.0. The van der Waals surface area contributed by atoms with Crippen LogP contribution in [0.5, 0.6) is 0 Å². The van der Waals surface area contributed by atoms with E-state index < -0.39 is 0 Å². The summed E-state index contributed by atoms with van der Waals surface area (Å²) in [4.78, 5) is 39.2. The number of rotatable bonds is 4. The summed E-state index contributed by atoms with van der Waals surface area (Å²) < 4.78 is 1.72. The first-order valence-corrected chi connectivity index (χ1v) is 11.3. The van der Waals surface area contributed by atoms with Crippen LogP contribution in [-0.4, -0.2) is 67.0 Å². The Morgan fingerprint density at radius 3 is 2.29 bits per heavy atom. The second-order valence-electron chi connectivity index (χ2n) is 8.82. The van der Waals surface area contributed by atoms with Gasteiger partial charge in [-0.05, 0) is 65.9 Å². The fourth-order valence-corrected chi connectivity index (χ4v) is 4.82. The summed E-state index contributed by atoms with van der Waals surface area (Å²) in [5, 5.41) is 4.62. The number of likely N-dealkylation sites (tertiary alicyclic amines) is 2. The lowest BCUT2D eigenvalue weighted by molar-refractivity contribution is -0.146. The summed E-state index contributed by atoms with van der Waals surface area (Å²) in [7, 11) is 0. The van der Waals surface area contributed by atoms with E-state index in [2.05, 4.69) is 15.1 Å². The number of amides is 2. The van der Waals surface area contributed by atoms with Crippen molar-refractivity contribution in [2.24, 2.45) is 0 Å². The highest BCUT2D eigenvalue weighted by molar-refractivity contribution is 5.89. The molecule has 2 saturated heterocycles. The first-order valence-electron chi connectivity index (χ1n) is 11.3. The van der Waals surface area contributed by atoms with Crippen LogP contribution in [0.1, 0.15) is 60.4 Å². The van der Waals surface area contributed by atoms with E-state index in [1.54, 1.807) is 4.68 Å². The Labute approximate surface area is 183 Å². The van der Waals surface area contributed by atoms with Gasteiger partial charge in [0.2, 0.25) is 11.8 Å². The second-order valence-corrected chi connectivity index (χ2v) is 8.82. The molecule has 2 aliphatic rings. The average Bonchev–Trinajstić information content (AvgIpc) is 3.37. The van der Waals surface area contributed by atoms with E-state index in [1.807, 2.05) is 43.6 Å². The maximum absolute atomic E-state index is 13.3. The topological polar surface area (TPSA) is 84.2 Å². The number of carbonyl (C=O) groups excluding carboxylic acids is 2. The maximum atomic E-state index is 13.3. The van der Waals surface area contributed by atoms with Gasteiger partial charge in [0.25, 0.3) is 5.95 Å². The molecule has 0 spiro atoms. The molecule has 0 aromatic carbocycles. The van der Waals surface area contributed by atoms with Gasteiger partial charge >= 0.3 is 0 Å². The van der Waals surface area contributed by atoms with Crippen LogP contribution in [0.3, 0.4) is 0 Å². The predicted molar refractivity (Wildman–Crippen MR) is 117 cm³/mol. The molecule has 2 aliphatic heterocycles. The highest BCUT2D eigenvalue weighted by Crippen LogP contribution is 2.24. The van der Waals surface area contributed by atoms with Gasteiger partial charge in [0, 0.05) is 42.3 Å². The van der Waals surface area contributed by atoms with E-state index in [4.69, 9.17) is 0 Å². The van der Waals surface area contributed by atoms with Crippen molar-refractivity contribution in [3.8, 4) is 5.95 Å². The first kappa shape index (κ1) is 21.5. The Bertz CT molecular complexity index is 972. The van der Waals surface area contributed by atoms with Gasteiger partial charge in [-0.1, -0.05) is 0 Å². The van der Waals surface area contributed by atoms with Crippen molar-refractivity contribution in [1.29, 1.82) is 0 Å². The van der Waals surface area contributed by atoms with Crippen LogP contribution in [0.15, 0.2) is 6.07 Å². The van der Waals surface area contributed by atoms with Crippen LogP contribution in [0.4, 0.5) is 0 Å². The standard InChI is InChI=1S/C23H32N6O2/c1-15-13-16(2)25-23(24-15)29-18(4)19(17(3)26-29)14-21(30)28-12-6-5-9-20(28)22(31)27-10-7-8-11-27/h13,20H,5-12,14H2,1-4H3. The molecule has 8 nitrogen and oxygen atoms in total. The molecule has 166 valence electrons. The van der Waals surface area contributed by atoms with Crippen LogP contribution in [-0.2, 0) is 16.0 Å². The highest BCUT2D eigenvalue weighted by atomic mass is 16.2. The smallest absolute Gasteiger partial charge is 0.251 e. The van der Waals surface area contributed by atoms with E-state index in [0.29, 0.717) is 12.5 Å². The lowest BCUT2D eigenvalue weighted by Crippen LogP contribution is -2.53. The zero-order valence-corrected chi connectivity index (χ0v) is 19.0. The molecule has 4 heterocycles. The Morgan fingerprint density at radius 1 is 0.968 bits per heavy atom. The SMILES string of the molecule is Cc1cc(C)nc(-n2nc(C)c(CC(=O)N3CCCCC3C(=O)N3CCCC3)c2C)n1. The fourth-order valence-electron chi connectivity index (χ4n) is 4.82. The van der Waals surface area contributed by atoms with Crippen molar-refractivity contribution in [3.63, 3.8) is 0 Å². The third-order valence-electron chi connectivity index (χ3n) is 6.46. The van der Waals surface area contributed by atoms with E-state index in [-0.39, 0.29) is 24.3 Å². The molecule has 1 unspecified atom stereocenters. The number of aryl methyl sites for hydroxylation is 3. The molecule has 2 amide bonds. The van der Waals surface area contributed by atoms with Gasteiger partial charge in [-0.15, -0.1) is 0 Å². The summed E-state index contributed by atoms with van der Waals surface area (Å²) >= 11 is 0. The fraction of sp³-hybridized carbons (Fsp3) is 0.609. The number of hydrogen-bond donors (Lipinski definition) is 0. The van der Waals surface area contributed by atoms with Gasteiger partial charge in [-0.25, -0.2) is 14.6 Å². The largest absolute Gasteiger partial charge is 0.341 e. The molecule has 2 fully saturated rings. The minimum atomic E-state index is -0.322. The van der Waals surface area contributed by atoms with Crippen LogP contribution >= 0.6 is 0 Å². The molecule has 4 rings (SSSR count). The summed E-state index contributed by atoms with van der Waals surface area (Å²) in [6.07, 6.45) is 5.06. The number of piperidine rings is 1. The quantitative estimate of drug-likeness (QED) is 0.753. The minimum absolute atomic E-state index is 0.00402. The van der Waals surface area contributed by atoms with E-state index >= 15 is 0 Å². The van der Waals surface area contributed by atoms with E-state index in [9.17, 15) is 9.59 Å². The number of aromatic nitrogens is 4. The monoisotopic (exact) mass is 424 g/mol. The lowest BCUT2D eigenvalue weighted by Gasteiger charge is -2.37. The Hall–Kier alpha value is -2.77. The number of hydrogen-bond acceptors (Lipinski definition) is 5. The third-order valence-corrected chi connectivity index (χ3v) is 6.46. The minimum Gasteiger partial charge on any atom is -0.341 e. The van der Waals surface area contributed by atoms with Crippen molar-refractivity contribution >= 4 is 11.8 Å². The summed E-state index contributed by atoms with van der Waals surface area (Å²) in [5.74, 6) is 0.652. The van der Waals surface area contributed by atoms with Crippen molar-refractivity contribution in [3.05, 3.63) is 34.4 Å². The maximum Gasteiger partial charge on any atom is 0.251 e. The molecule has 31 heavy (non-hydrogen) atoms. The molecule has 2 aromatic rings. The van der Waals surface area contributed by atoms with Gasteiger partial charge in [-0.2, -0.15) is 5.10 Å². The summed E-state index contributed by atoms with van der Waals surface area (Å²) in [6, 6.07) is 1.60. The highest BCUT2D eigenvalue weighted by Gasteiger charge is 2.36.